The van der Waals surface area contributed by atoms with Crippen molar-refractivity contribution in [2.75, 3.05) is 11.6 Å². The number of aromatic nitrogens is 1. The molecule has 1 unspecified atom stereocenters. The molecule has 2 aromatic carbocycles. The first-order valence-electron chi connectivity index (χ1n) is 8.62. The number of carbonyl (C=O) groups is 1. The highest BCUT2D eigenvalue weighted by Gasteiger charge is 2.36. The fraction of sp³-hybridized carbons (Fsp3) is 0.200. The van der Waals surface area contributed by atoms with Gasteiger partial charge in [0, 0.05) is 18.1 Å². The summed E-state index contributed by atoms with van der Waals surface area (Å²) in [6.07, 6.45) is 3.14. The molecule has 1 atom stereocenters. The van der Waals surface area contributed by atoms with Gasteiger partial charge in [0.2, 0.25) is 15.9 Å². The van der Waals surface area contributed by atoms with Crippen LogP contribution >= 0.6 is 0 Å². The third-order valence-corrected chi connectivity index (χ3v) is 6.06. The van der Waals surface area contributed by atoms with Crippen LogP contribution in [0.4, 0.5) is 5.69 Å². The molecular weight excluding hydrogens is 362 g/mol. The molecule has 1 aromatic heterocycles. The summed E-state index contributed by atoms with van der Waals surface area (Å²) in [5, 5.41) is 3.79. The predicted octanol–water partition coefficient (Wildman–Crippen LogP) is 2.56. The number of hydrogen-bond donors (Lipinski definition) is 1. The van der Waals surface area contributed by atoms with Crippen molar-refractivity contribution in [3.8, 4) is 0 Å². The smallest absolute Gasteiger partial charge is 0.243 e. The van der Waals surface area contributed by atoms with Crippen LogP contribution in [0, 0.1) is 0 Å². The fourth-order valence-corrected chi connectivity index (χ4v) is 4.50. The van der Waals surface area contributed by atoms with Crippen molar-refractivity contribution in [1.82, 2.24) is 9.29 Å². The minimum Gasteiger partial charge on any atom is -0.323 e. The van der Waals surface area contributed by atoms with Gasteiger partial charge in [0.1, 0.15) is 6.04 Å². The fourth-order valence-electron chi connectivity index (χ4n) is 3.49. The Kier molecular flexibility index (Phi) is 4.41. The Balaban J connectivity index is 1.69. The molecule has 3 aromatic rings. The molecule has 7 heteroatoms. The summed E-state index contributed by atoms with van der Waals surface area (Å²) in [7, 11) is -3.54. The number of pyridine rings is 1. The molecule has 0 saturated carbocycles. The van der Waals surface area contributed by atoms with Gasteiger partial charge < -0.3 is 5.32 Å². The number of benzene rings is 2. The average molecular weight is 381 g/mol. The average Bonchev–Trinajstić information content (AvgIpc) is 2.66. The second-order valence-electron chi connectivity index (χ2n) is 6.67. The molecule has 6 nitrogen and oxygen atoms in total. The van der Waals surface area contributed by atoms with E-state index < -0.39 is 16.1 Å². The number of carbonyl (C=O) groups excluding carboxylic acids is 1. The quantitative estimate of drug-likeness (QED) is 0.756. The maximum atomic E-state index is 13.0. The Morgan fingerprint density at radius 1 is 1.07 bits per heavy atom. The summed E-state index contributed by atoms with van der Waals surface area (Å²) in [5.74, 6) is -0.354. The van der Waals surface area contributed by atoms with Crippen LogP contribution in [-0.4, -0.2) is 35.9 Å². The topological polar surface area (TPSA) is 79.4 Å². The zero-order valence-electron chi connectivity index (χ0n) is 14.8. The Labute approximate surface area is 157 Å². The van der Waals surface area contributed by atoms with Gasteiger partial charge in [-0.05, 0) is 29.7 Å². The van der Waals surface area contributed by atoms with Crippen LogP contribution in [0.5, 0.6) is 0 Å². The maximum Gasteiger partial charge on any atom is 0.243 e. The molecular formula is C20H19N3O3S. The number of fused-ring (bicyclic) bond motifs is 2. The number of amides is 1. The highest BCUT2D eigenvalue weighted by atomic mass is 32.2. The van der Waals surface area contributed by atoms with Gasteiger partial charge in [-0.1, -0.05) is 42.5 Å². The van der Waals surface area contributed by atoms with E-state index in [2.05, 4.69) is 10.3 Å². The van der Waals surface area contributed by atoms with Crippen molar-refractivity contribution < 1.29 is 13.2 Å². The first-order valence-corrected chi connectivity index (χ1v) is 10.5. The van der Waals surface area contributed by atoms with Gasteiger partial charge >= 0.3 is 0 Å². The third-order valence-electron chi connectivity index (χ3n) is 4.82. The molecule has 2 heterocycles. The number of anilines is 1. The second kappa shape index (κ2) is 6.75. The lowest BCUT2D eigenvalue weighted by molar-refractivity contribution is -0.120. The van der Waals surface area contributed by atoms with E-state index >= 15 is 0 Å². The normalized spacial score (nSPS) is 17.4. The Morgan fingerprint density at radius 2 is 1.81 bits per heavy atom. The van der Waals surface area contributed by atoms with Gasteiger partial charge in [-0.2, -0.15) is 4.31 Å². The van der Waals surface area contributed by atoms with E-state index in [9.17, 15) is 13.2 Å². The molecule has 1 N–H and O–H groups in total. The van der Waals surface area contributed by atoms with E-state index in [1.807, 2.05) is 48.5 Å². The number of para-hydroxylation sites is 1. The molecule has 0 radical (unpaired) electrons. The van der Waals surface area contributed by atoms with Crippen LogP contribution in [0.2, 0.25) is 0 Å². The lowest BCUT2D eigenvalue weighted by atomic mass is 9.95. The number of sulfonamides is 1. The molecule has 1 amide bonds. The minimum absolute atomic E-state index is 0.195. The van der Waals surface area contributed by atoms with E-state index in [1.165, 1.54) is 4.31 Å². The third kappa shape index (κ3) is 3.43. The van der Waals surface area contributed by atoms with E-state index in [1.54, 1.807) is 12.3 Å². The largest absolute Gasteiger partial charge is 0.323 e. The van der Waals surface area contributed by atoms with Crippen LogP contribution in [0.3, 0.4) is 0 Å². The van der Waals surface area contributed by atoms with Crippen molar-refractivity contribution in [2.45, 2.75) is 19.0 Å². The number of hydrogen-bond acceptors (Lipinski definition) is 4. The summed E-state index contributed by atoms with van der Waals surface area (Å²) in [6.45, 7) is 0.195. The number of rotatable bonds is 3. The Bertz CT molecular complexity index is 1120. The van der Waals surface area contributed by atoms with Crippen LogP contribution in [0.25, 0.3) is 10.9 Å². The summed E-state index contributed by atoms with van der Waals surface area (Å²) >= 11 is 0. The molecule has 0 bridgehead atoms. The maximum absolute atomic E-state index is 13.0. The molecule has 1 aliphatic rings. The minimum atomic E-state index is -3.54. The zero-order chi connectivity index (χ0) is 19.0. The lowest BCUT2D eigenvalue weighted by Crippen LogP contribution is -2.50. The second-order valence-corrected chi connectivity index (χ2v) is 8.60. The number of nitrogens with one attached hydrogen (secondary N) is 1. The molecule has 0 aliphatic carbocycles. The van der Waals surface area contributed by atoms with Crippen molar-refractivity contribution >= 4 is 32.5 Å². The lowest BCUT2D eigenvalue weighted by Gasteiger charge is -2.34. The van der Waals surface area contributed by atoms with Gasteiger partial charge in [-0.15, -0.1) is 0 Å². The van der Waals surface area contributed by atoms with E-state index in [0.29, 0.717) is 17.6 Å². The molecule has 4 rings (SSSR count). The van der Waals surface area contributed by atoms with Crippen molar-refractivity contribution in [3.63, 3.8) is 0 Å². The zero-order valence-corrected chi connectivity index (χ0v) is 15.6. The van der Waals surface area contributed by atoms with Crippen molar-refractivity contribution in [3.05, 3.63) is 71.9 Å². The Morgan fingerprint density at radius 3 is 2.59 bits per heavy atom. The number of nitrogens with zero attached hydrogens (tertiary/aromatic N) is 2. The summed E-state index contributed by atoms with van der Waals surface area (Å²) in [4.78, 5) is 17.4. The van der Waals surface area contributed by atoms with Gasteiger partial charge in [-0.3, -0.25) is 9.78 Å². The molecule has 0 spiro atoms. The van der Waals surface area contributed by atoms with E-state index in [-0.39, 0.29) is 12.5 Å². The molecule has 1 aliphatic heterocycles. The van der Waals surface area contributed by atoms with Gasteiger partial charge in [-0.25, -0.2) is 8.42 Å². The summed E-state index contributed by atoms with van der Waals surface area (Å²) in [5.41, 5.74) is 3.17. The van der Waals surface area contributed by atoms with E-state index in [0.717, 1.165) is 22.8 Å². The van der Waals surface area contributed by atoms with Gasteiger partial charge in [0.25, 0.3) is 0 Å². The SMILES string of the molecule is CS(=O)(=O)N1Cc2ccccc2CC1C(=O)Nc1cccc2cccnc12. The van der Waals surface area contributed by atoms with Crippen LogP contribution in [0.15, 0.2) is 60.8 Å². The standard InChI is InChI=1S/C20H19N3O3S/c1-27(25,26)23-13-16-7-3-2-6-15(16)12-18(23)20(24)22-17-10-4-8-14-9-5-11-21-19(14)17/h2-11,18H,12-13H2,1H3,(H,22,24). The first-order chi connectivity index (χ1) is 12.9. The highest BCUT2D eigenvalue weighted by molar-refractivity contribution is 7.88. The van der Waals surface area contributed by atoms with Gasteiger partial charge in [0.15, 0.2) is 0 Å². The van der Waals surface area contributed by atoms with Crippen molar-refractivity contribution in [1.29, 1.82) is 0 Å². The highest BCUT2D eigenvalue weighted by Crippen LogP contribution is 2.27. The Hall–Kier alpha value is -2.77. The predicted molar refractivity (Wildman–Crippen MR) is 105 cm³/mol. The van der Waals surface area contributed by atoms with Crippen LogP contribution < -0.4 is 5.32 Å². The van der Waals surface area contributed by atoms with Gasteiger partial charge in [0.05, 0.1) is 17.5 Å². The molecule has 138 valence electrons. The molecule has 0 saturated heterocycles. The van der Waals surface area contributed by atoms with Crippen LogP contribution in [0.1, 0.15) is 11.1 Å². The summed E-state index contributed by atoms with van der Waals surface area (Å²) < 4.78 is 25.9. The first kappa shape index (κ1) is 17.6. The summed E-state index contributed by atoms with van der Waals surface area (Å²) in [6, 6.07) is 16.1. The van der Waals surface area contributed by atoms with Crippen LogP contribution in [-0.2, 0) is 27.8 Å². The van der Waals surface area contributed by atoms with Crippen molar-refractivity contribution in [2.24, 2.45) is 0 Å². The molecule has 0 fully saturated rings. The molecule has 27 heavy (non-hydrogen) atoms. The monoisotopic (exact) mass is 381 g/mol. The van der Waals surface area contributed by atoms with E-state index in [4.69, 9.17) is 0 Å².